The summed E-state index contributed by atoms with van der Waals surface area (Å²) in [6.07, 6.45) is 1.96. The van der Waals surface area contributed by atoms with Crippen molar-refractivity contribution in [2.45, 2.75) is 25.9 Å². The fourth-order valence-electron chi connectivity index (χ4n) is 2.29. The highest BCUT2D eigenvalue weighted by Crippen LogP contribution is 2.15. The summed E-state index contributed by atoms with van der Waals surface area (Å²) in [6, 6.07) is 0.793. The van der Waals surface area contributed by atoms with Crippen molar-refractivity contribution < 1.29 is 4.79 Å². The third-order valence-corrected chi connectivity index (χ3v) is 3.53. The van der Waals surface area contributed by atoms with E-state index in [1.54, 1.807) is 19.0 Å². The lowest BCUT2D eigenvalue weighted by molar-refractivity contribution is -0.131. The van der Waals surface area contributed by atoms with Gasteiger partial charge in [-0.2, -0.15) is 0 Å². The lowest BCUT2D eigenvalue weighted by Crippen LogP contribution is -2.58. The summed E-state index contributed by atoms with van der Waals surface area (Å²) in [5.41, 5.74) is 0. The second-order valence-electron chi connectivity index (χ2n) is 4.96. The molecule has 17 heavy (non-hydrogen) atoms. The zero-order valence-corrected chi connectivity index (χ0v) is 11.5. The van der Waals surface area contributed by atoms with E-state index in [1.807, 2.05) is 6.08 Å². The molecule has 0 aliphatic carbocycles. The predicted octanol–water partition coefficient (Wildman–Crippen LogP) is 0.655. The van der Waals surface area contributed by atoms with E-state index in [-0.39, 0.29) is 11.9 Å². The molecule has 0 radical (unpaired) electrons. The Kier molecular flexibility index (Phi) is 5.15. The second-order valence-corrected chi connectivity index (χ2v) is 4.96. The summed E-state index contributed by atoms with van der Waals surface area (Å²) in [6.45, 7) is 11.7. The Balaban J connectivity index is 2.65. The molecule has 1 aliphatic heterocycles. The van der Waals surface area contributed by atoms with E-state index in [4.69, 9.17) is 0 Å². The van der Waals surface area contributed by atoms with Gasteiger partial charge in [0.15, 0.2) is 0 Å². The van der Waals surface area contributed by atoms with Gasteiger partial charge in [-0.3, -0.25) is 14.6 Å². The average molecular weight is 239 g/mol. The smallest absolute Gasteiger partial charge is 0.236 e. The summed E-state index contributed by atoms with van der Waals surface area (Å²) < 4.78 is 0. The first kappa shape index (κ1) is 14.2. The largest absolute Gasteiger partial charge is 0.348 e. The van der Waals surface area contributed by atoms with Crippen LogP contribution in [0.5, 0.6) is 0 Å². The third kappa shape index (κ3) is 3.54. The zero-order valence-electron chi connectivity index (χ0n) is 11.5. The van der Waals surface area contributed by atoms with E-state index in [2.05, 4.69) is 30.2 Å². The van der Waals surface area contributed by atoms with E-state index in [0.29, 0.717) is 12.6 Å². The molecule has 0 bridgehead atoms. The van der Waals surface area contributed by atoms with E-state index >= 15 is 0 Å². The number of nitrogens with zero attached hydrogens (tertiary/aromatic N) is 3. The fraction of sp³-hybridized carbons (Fsp3) is 0.769. The van der Waals surface area contributed by atoms with Crippen LogP contribution in [-0.4, -0.2) is 73.0 Å². The number of hydrogen-bond donors (Lipinski definition) is 0. The summed E-state index contributed by atoms with van der Waals surface area (Å²) in [5, 5.41) is 0. The standard InChI is InChI=1S/C13H25N3O/c1-6-12-9-15(7-2)11(3)8-16(12)10-13(17)14(4)5/h6,11-12H,1,7-10H2,2-5H3/t11-,12+/m0/s1. The highest BCUT2D eigenvalue weighted by atomic mass is 16.2. The van der Waals surface area contributed by atoms with Crippen LogP contribution in [0, 0.1) is 0 Å². The van der Waals surface area contributed by atoms with Crippen molar-refractivity contribution in [1.29, 1.82) is 0 Å². The molecule has 0 spiro atoms. The maximum Gasteiger partial charge on any atom is 0.236 e. The highest BCUT2D eigenvalue weighted by Gasteiger charge is 2.30. The Hall–Kier alpha value is -0.870. The number of carbonyl (C=O) groups excluding carboxylic acids is 1. The molecule has 0 N–H and O–H groups in total. The van der Waals surface area contributed by atoms with Crippen LogP contribution < -0.4 is 0 Å². The van der Waals surface area contributed by atoms with Crippen LogP contribution in [0.1, 0.15) is 13.8 Å². The number of likely N-dealkylation sites (N-methyl/N-ethyl adjacent to an activating group) is 2. The molecule has 4 nitrogen and oxygen atoms in total. The van der Waals surface area contributed by atoms with Crippen molar-refractivity contribution >= 4 is 5.91 Å². The van der Waals surface area contributed by atoms with Gasteiger partial charge in [-0.25, -0.2) is 0 Å². The van der Waals surface area contributed by atoms with Gasteiger partial charge in [-0.1, -0.05) is 13.0 Å². The number of carbonyl (C=O) groups is 1. The highest BCUT2D eigenvalue weighted by molar-refractivity contribution is 5.77. The maximum absolute atomic E-state index is 11.8. The maximum atomic E-state index is 11.8. The molecule has 4 heteroatoms. The molecule has 1 heterocycles. The molecular formula is C13H25N3O. The van der Waals surface area contributed by atoms with Crippen molar-refractivity contribution in [3.05, 3.63) is 12.7 Å². The topological polar surface area (TPSA) is 26.8 Å². The molecule has 0 aromatic heterocycles. The summed E-state index contributed by atoms with van der Waals surface area (Å²) in [4.78, 5) is 18.1. The van der Waals surface area contributed by atoms with Gasteiger partial charge in [0, 0.05) is 39.3 Å². The van der Waals surface area contributed by atoms with Gasteiger partial charge in [0.1, 0.15) is 0 Å². The van der Waals surface area contributed by atoms with Crippen molar-refractivity contribution in [2.24, 2.45) is 0 Å². The number of rotatable bonds is 4. The van der Waals surface area contributed by atoms with E-state index < -0.39 is 0 Å². The molecule has 1 rings (SSSR count). The van der Waals surface area contributed by atoms with Gasteiger partial charge >= 0.3 is 0 Å². The number of amides is 1. The first-order valence-electron chi connectivity index (χ1n) is 6.30. The van der Waals surface area contributed by atoms with Crippen LogP contribution in [0.3, 0.4) is 0 Å². The molecule has 1 amide bonds. The van der Waals surface area contributed by atoms with E-state index in [1.165, 1.54) is 0 Å². The van der Waals surface area contributed by atoms with Crippen LogP contribution in [0.25, 0.3) is 0 Å². The van der Waals surface area contributed by atoms with Crippen molar-refractivity contribution in [2.75, 3.05) is 40.3 Å². The van der Waals surface area contributed by atoms with Crippen LogP contribution in [-0.2, 0) is 4.79 Å². The van der Waals surface area contributed by atoms with Gasteiger partial charge in [0.2, 0.25) is 5.91 Å². The minimum Gasteiger partial charge on any atom is -0.348 e. The Morgan fingerprint density at radius 2 is 2.06 bits per heavy atom. The van der Waals surface area contributed by atoms with Crippen molar-refractivity contribution in [1.82, 2.24) is 14.7 Å². The summed E-state index contributed by atoms with van der Waals surface area (Å²) in [7, 11) is 3.61. The van der Waals surface area contributed by atoms with Crippen LogP contribution in [0.15, 0.2) is 12.7 Å². The second kappa shape index (κ2) is 6.17. The quantitative estimate of drug-likeness (QED) is 0.674. The number of hydrogen-bond acceptors (Lipinski definition) is 3. The zero-order chi connectivity index (χ0) is 13.0. The summed E-state index contributed by atoms with van der Waals surface area (Å²) >= 11 is 0. The average Bonchev–Trinajstić information content (AvgIpc) is 2.29. The molecule has 0 aromatic rings. The van der Waals surface area contributed by atoms with Crippen LogP contribution >= 0.6 is 0 Å². The van der Waals surface area contributed by atoms with Gasteiger partial charge in [0.05, 0.1) is 6.54 Å². The molecule has 1 fully saturated rings. The van der Waals surface area contributed by atoms with E-state index in [0.717, 1.165) is 19.6 Å². The minimum absolute atomic E-state index is 0.161. The lowest BCUT2D eigenvalue weighted by Gasteiger charge is -2.43. The Morgan fingerprint density at radius 1 is 1.41 bits per heavy atom. The van der Waals surface area contributed by atoms with Crippen molar-refractivity contribution in [3.63, 3.8) is 0 Å². The summed E-state index contributed by atoms with van der Waals surface area (Å²) in [5.74, 6) is 0.161. The van der Waals surface area contributed by atoms with Crippen molar-refractivity contribution in [3.8, 4) is 0 Å². The molecule has 2 atom stereocenters. The Bertz CT molecular complexity index is 278. The fourth-order valence-corrected chi connectivity index (χ4v) is 2.29. The SMILES string of the molecule is C=C[C@@H]1CN(CC)[C@@H](C)CN1CC(=O)N(C)C. The molecular weight excluding hydrogens is 214 g/mol. The monoisotopic (exact) mass is 239 g/mol. The molecule has 0 aromatic carbocycles. The Morgan fingerprint density at radius 3 is 2.53 bits per heavy atom. The van der Waals surface area contributed by atoms with Crippen LogP contribution in [0.2, 0.25) is 0 Å². The first-order chi connectivity index (χ1) is 7.99. The predicted molar refractivity (Wildman–Crippen MR) is 71.0 cm³/mol. The molecule has 98 valence electrons. The Labute approximate surface area is 105 Å². The third-order valence-electron chi connectivity index (χ3n) is 3.53. The molecule has 0 unspecified atom stereocenters. The van der Waals surface area contributed by atoms with Gasteiger partial charge < -0.3 is 4.90 Å². The number of piperazine rings is 1. The first-order valence-corrected chi connectivity index (χ1v) is 6.30. The minimum atomic E-state index is 0.161. The molecule has 0 saturated carbocycles. The molecule has 1 aliphatic rings. The van der Waals surface area contributed by atoms with Gasteiger partial charge in [-0.15, -0.1) is 6.58 Å². The van der Waals surface area contributed by atoms with Gasteiger partial charge in [0.25, 0.3) is 0 Å². The lowest BCUT2D eigenvalue weighted by atomic mass is 10.1. The normalized spacial score (nSPS) is 26.8. The van der Waals surface area contributed by atoms with E-state index in [9.17, 15) is 4.79 Å². The molecule has 1 saturated heterocycles. The van der Waals surface area contributed by atoms with Crippen LogP contribution in [0.4, 0.5) is 0 Å². The van der Waals surface area contributed by atoms with Gasteiger partial charge in [-0.05, 0) is 13.5 Å².